The molecular formula is C7H11N3O4S2. The van der Waals surface area contributed by atoms with E-state index in [0.717, 1.165) is 17.6 Å². The molecule has 0 aliphatic carbocycles. The third-order valence-corrected chi connectivity index (χ3v) is 4.10. The van der Waals surface area contributed by atoms with E-state index < -0.39 is 15.7 Å². The second kappa shape index (κ2) is 5.32. The molecule has 0 atom stereocenters. The summed E-state index contributed by atoms with van der Waals surface area (Å²) >= 11 is 0.743. The summed E-state index contributed by atoms with van der Waals surface area (Å²) in [5.74, 6) is -0.454. The molecule has 1 heterocycles. The first-order chi connectivity index (χ1) is 7.45. The summed E-state index contributed by atoms with van der Waals surface area (Å²) in [4.78, 5) is 11.4. The molecule has 0 bridgehead atoms. The molecule has 1 rings (SSSR count). The first-order valence-electron chi connectivity index (χ1n) is 4.26. The van der Waals surface area contributed by atoms with Gasteiger partial charge in [-0.1, -0.05) is 11.3 Å². The van der Waals surface area contributed by atoms with Gasteiger partial charge in [0.15, 0.2) is 0 Å². The van der Waals surface area contributed by atoms with Crippen LogP contribution < -0.4 is 5.32 Å². The molecule has 0 aliphatic rings. The molecule has 7 nitrogen and oxygen atoms in total. The van der Waals surface area contributed by atoms with E-state index in [2.05, 4.69) is 15.5 Å². The van der Waals surface area contributed by atoms with Crippen LogP contribution in [0.25, 0.3) is 0 Å². The van der Waals surface area contributed by atoms with Crippen LogP contribution in [-0.2, 0) is 14.6 Å². The smallest absolute Gasteiger partial charge is 0.282 e. The highest BCUT2D eigenvalue weighted by Crippen LogP contribution is 2.14. The highest BCUT2D eigenvalue weighted by Gasteiger charge is 2.18. The van der Waals surface area contributed by atoms with Gasteiger partial charge < -0.3 is 10.1 Å². The van der Waals surface area contributed by atoms with Crippen LogP contribution in [0.4, 0.5) is 0 Å². The molecule has 9 heteroatoms. The SMILES string of the molecule is COCCNC(=O)c1nnc(S(C)(=O)=O)s1. The molecule has 1 aromatic heterocycles. The normalized spacial score (nSPS) is 11.4. The molecule has 0 radical (unpaired) electrons. The number of carbonyl (C=O) groups excluding carboxylic acids is 1. The van der Waals surface area contributed by atoms with Gasteiger partial charge in [0, 0.05) is 19.9 Å². The van der Waals surface area contributed by atoms with Gasteiger partial charge in [-0.25, -0.2) is 8.42 Å². The second-order valence-electron chi connectivity index (χ2n) is 2.89. The number of ether oxygens (including phenoxy) is 1. The van der Waals surface area contributed by atoms with E-state index in [4.69, 9.17) is 4.74 Å². The van der Waals surface area contributed by atoms with Gasteiger partial charge in [0.1, 0.15) is 0 Å². The number of hydrogen-bond donors (Lipinski definition) is 1. The van der Waals surface area contributed by atoms with Crippen LogP contribution in [0.2, 0.25) is 0 Å². The van der Waals surface area contributed by atoms with Crippen molar-refractivity contribution < 1.29 is 17.9 Å². The van der Waals surface area contributed by atoms with Crippen molar-refractivity contribution in [1.29, 1.82) is 0 Å². The summed E-state index contributed by atoms with van der Waals surface area (Å²) in [6, 6.07) is 0. The summed E-state index contributed by atoms with van der Waals surface area (Å²) in [5, 5.41) is 9.46. The number of sulfone groups is 1. The lowest BCUT2D eigenvalue weighted by atomic mass is 10.6. The molecule has 0 unspecified atom stereocenters. The van der Waals surface area contributed by atoms with E-state index in [0.29, 0.717) is 13.2 Å². The van der Waals surface area contributed by atoms with Crippen molar-refractivity contribution in [1.82, 2.24) is 15.5 Å². The fraction of sp³-hybridized carbons (Fsp3) is 0.571. The maximum atomic E-state index is 11.4. The Labute approximate surface area is 96.8 Å². The van der Waals surface area contributed by atoms with Crippen LogP contribution in [0.3, 0.4) is 0 Å². The number of hydrogen-bond acceptors (Lipinski definition) is 7. The number of amides is 1. The van der Waals surface area contributed by atoms with Crippen molar-refractivity contribution in [3.8, 4) is 0 Å². The highest BCUT2D eigenvalue weighted by atomic mass is 32.2. The topological polar surface area (TPSA) is 98.2 Å². The molecule has 90 valence electrons. The minimum Gasteiger partial charge on any atom is -0.383 e. The minimum absolute atomic E-state index is 0.0246. The lowest BCUT2D eigenvalue weighted by molar-refractivity contribution is 0.0936. The third-order valence-electron chi connectivity index (χ3n) is 1.51. The predicted octanol–water partition coefficient (Wildman–Crippen LogP) is -0.682. The molecule has 1 amide bonds. The maximum Gasteiger partial charge on any atom is 0.282 e. The minimum atomic E-state index is -3.40. The van der Waals surface area contributed by atoms with Crippen molar-refractivity contribution in [3.05, 3.63) is 5.01 Å². The Balaban J connectivity index is 2.68. The van der Waals surface area contributed by atoms with Gasteiger partial charge in [0.05, 0.1) is 6.61 Å². The van der Waals surface area contributed by atoms with Gasteiger partial charge in [-0.15, -0.1) is 10.2 Å². The standard InChI is InChI=1S/C7H11N3O4S2/c1-14-4-3-8-5(11)6-9-10-7(15-6)16(2,12)13/h3-4H2,1-2H3,(H,8,11). The highest BCUT2D eigenvalue weighted by molar-refractivity contribution is 7.92. The van der Waals surface area contributed by atoms with E-state index in [9.17, 15) is 13.2 Å². The molecule has 0 aliphatic heterocycles. The monoisotopic (exact) mass is 265 g/mol. The number of nitrogens with one attached hydrogen (secondary N) is 1. The van der Waals surface area contributed by atoms with Gasteiger partial charge >= 0.3 is 0 Å². The average molecular weight is 265 g/mol. The fourth-order valence-electron chi connectivity index (χ4n) is 0.794. The van der Waals surface area contributed by atoms with Crippen LogP contribution >= 0.6 is 11.3 Å². The molecule has 0 saturated heterocycles. The van der Waals surface area contributed by atoms with Gasteiger partial charge in [0.25, 0.3) is 5.91 Å². The Morgan fingerprint density at radius 2 is 2.19 bits per heavy atom. The molecule has 1 N–H and O–H groups in total. The van der Waals surface area contributed by atoms with E-state index in [1.54, 1.807) is 0 Å². The van der Waals surface area contributed by atoms with Crippen LogP contribution in [0, 0.1) is 0 Å². The molecule has 0 aromatic carbocycles. The summed E-state index contributed by atoms with van der Waals surface area (Å²) in [6.07, 6.45) is 1.01. The van der Waals surface area contributed by atoms with Crippen molar-refractivity contribution >= 4 is 27.1 Å². The van der Waals surface area contributed by atoms with Crippen LogP contribution in [0.1, 0.15) is 9.80 Å². The van der Waals surface area contributed by atoms with Gasteiger partial charge in [-0.2, -0.15) is 0 Å². The Morgan fingerprint density at radius 1 is 1.50 bits per heavy atom. The number of aromatic nitrogens is 2. The second-order valence-corrected chi connectivity index (χ2v) is 6.06. The van der Waals surface area contributed by atoms with Crippen molar-refractivity contribution in [2.75, 3.05) is 26.5 Å². The number of carbonyl (C=O) groups is 1. The molecule has 0 spiro atoms. The van der Waals surface area contributed by atoms with E-state index in [1.165, 1.54) is 7.11 Å². The Morgan fingerprint density at radius 3 is 2.69 bits per heavy atom. The van der Waals surface area contributed by atoms with E-state index >= 15 is 0 Å². The van der Waals surface area contributed by atoms with Crippen molar-refractivity contribution in [2.45, 2.75) is 4.34 Å². The van der Waals surface area contributed by atoms with Crippen LogP contribution in [-0.4, -0.2) is 51.0 Å². The molecular weight excluding hydrogens is 254 g/mol. The van der Waals surface area contributed by atoms with Crippen LogP contribution in [0.15, 0.2) is 4.34 Å². The van der Waals surface area contributed by atoms with Crippen molar-refractivity contribution in [2.24, 2.45) is 0 Å². The molecule has 0 saturated carbocycles. The van der Waals surface area contributed by atoms with Gasteiger partial charge in [-0.05, 0) is 0 Å². The zero-order valence-electron chi connectivity index (χ0n) is 8.76. The molecule has 1 aromatic rings. The van der Waals surface area contributed by atoms with E-state index in [1.807, 2.05) is 0 Å². The Bertz CT molecular complexity index is 468. The average Bonchev–Trinajstić information content (AvgIpc) is 2.66. The zero-order valence-corrected chi connectivity index (χ0v) is 10.4. The summed E-state index contributed by atoms with van der Waals surface area (Å²) < 4.78 is 26.8. The lowest BCUT2D eigenvalue weighted by Gasteiger charge is -1.99. The number of methoxy groups -OCH3 is 1. The third kappa shape index (κ3) is 3.51. The van der Waals surface area contributed by atoms with E-state index in [-0.39, 0.29) is 9.35 Å². The summed E-state index contributed by atoms with van der Waals surface area (Å²) in [6.45, 7) is 0.715. The largest absolute Gasteiger partial charge is 0.383 e. The summed E-state index contributed by atoms with van der Waals surface area (Å²) in [5.41, 5.74) is 0. The number of nitrogens with zero attached hydrogens (tertiary/aromatic N) is 2. The molecule has 16 heavy (non-hydrogen) atoms. The van der Waals surface area contributed by atoms with Crippen LogP contribution in [0.5, 0.6) is 0 Å². The Kier molecular flexibility index (Phi) is 4.33. The first-order valence-corrected chi connectivity index (χ1v) is 6.96. The molecule has 0 fully saturated rings. The Hall–Kier alpha value is -1.06. The first kappa shape index (κ1) is 13.0. The zero-order chi connectivity index (χ0) is 12.2. The predicted molar refractivity (Wildman–Crippen MR) is 57.2 cm³/mol. The fourth-order valence-corrected chi connectivity index (χ4v) is 2.32. The lowest BCUT2D eigenvalue weighted by Crippen LogP contribution is -2.26. The van der Waals surface area contributed by atoms with Crippen molar-refractivity contribution in [3.63, 3.8) is 0 Å². The van der Waals surface area contributed by atoms with Gasteiger partial charge in [-0.3, -0.25) is 4.79 Å². The quantitative estimate of drug-likeness (QED) is 0.708. The summed E-state index contributed by atoms with van der Waals surface area (Å²) in [7, 11) is -1.89. The number of rotatable bonds is 5. The maximum absolute atomic E-state index is 11.4. The van der Waals surface area contributed by atoms with Gasteiger partial charge in [0.2, 0.25) is 19.2 Å².